The van der Waals surface area contributed by atoms with Crippen LogP contribution in [-0.4, -0.2) is 24.1 Å². The summed E-state index contributed by atoms with van der Waals surface area (Å²) in [6, 6.07) is 78.1. The first-order valence-electron chi connectivity index (χ1n) is 21.3. The lowest BCUT2D eigenvalue weighted by molar-refractivity contribution is 1.06. The Hall–Kier alpha value is -8.92. The third-order valence-corrected chi connectivity index (χ3v) is 12.2. The zero-order valence-corrected chi connectivity index (χ0v) is 34.5. The highest BCUT2D eigenvalue weighted by Crippen LogP contribution is 2.43. The third-order valence-electron chi connectivity index (χ3n) is 12.2. The van der Waals surface area contributed by atoms with Gasteiger partial charge in [-0.15, -0.1) is 0 Å². The van der Waals surface area contributed by atoms with E-state index in [2.05, 4.69) is 155 Å². The molecule has 12 rings (SSSR count). The van der Waals surface area contributed by atoms with Crippen LogP contribution in [0.5, 0.6) is 0 Å². The van der Waals surface area contributed by atoms with E-state index in [1.165, 1.54) is 10.8 Å². The first-order valence-corrected chi connectivity index (χ1v) is 21.3. The lowest BCUT2D eigenvalue weighted by Gasteiger charge is -2.17. The molecule has 12 aromatic rings. The molecule has 0 aliphatic rings. The fourth-order valence-corrected chi connectivity index (χ4v) is 9.30. The minimum Gasteiger partial charge on any atom is -0.309 e. The van der Waals surface area contributed by atoms with Crippen LogP contribution in [0.25, 0.3) is 111 Å². The number of nitriles is 1. The molecule has 6 heteroatoms. The lowest BCUT2D eigenvalue weighted by atomic mass is 9.96. The predicted molar refractivity (Wildman–Crippen MR) is 260 cm³/mol. The van der Waals surface area contributed by atoms with Crippen molar-refractivity contribution in [1.82, 2.24) is 24.1 Å². The average molecular weight is 817 g/mol. The Bertz CT molecular complexity index is 3730. The van der Waals surface area contributed by atoms with E-state index in [1.807, 2.05) is 78.9 Å². The summed E-state index contributed by atoms with van der Waals surface area (Å²) >= 11 is 0. The monoisotopic (exact) mass is 816 g/mol. The molecule has 0 N–H and O–H groups in total. The van der Waals surface area contributed by atoms with Gasteiger partial charge >= 0.3 is 0 Å². The second-order valence-corrected chi connectivity index (χ2v) is 15.9. The van der Waals surface area contributed by atoms with Gasteiger partial charge in [0.1, 0.15) is 0 Å². The van der Waals surface area contributed by atoms with Crippen molar-refractivity contribution >= 4 is 43.6 Å². The summed E-state index contributed by atoms with van der Waals surface area (Å²) in [7, 11) is 0. The Morgan fingerprint density at radius 3 is 1.61 bits per heavy atom. The molecule has 9 aromatic carbocycles. The largest absolute Gasteiger partial charge is 0.309 e. The molecule has 0 saturated heterocycles. The van der Waals surface area contributed by atoms with Gasteiger partial charge in [-0.3, -0.25) is 0 Å². The molecule has 0 unspecified atom stereocenters. The van der Waals surface area contributed by atoms with E-state index in [4.69, 9.17) is 15.0 Å². The van der Waals surface area contributed by atoms with E-state index in [-0.39, 0.29) is 0 Å². The highest BCUT2D eigenvalue weighted by Gasteiger charge is 2.23. The first kappa shape index (κ1) is 36.9. The number of para-hydroxylation sites is 3. The molecule has 0 spiro atoms. The van der Waals surface area contributed by atoms with Crippen LogP contribution in [0.4, 0.5) is 0 Å². The number of aromatic nitrogens is 5. The first-order chi connectivity index (χ1) is 31.7. The number of hydrogen-bond donors (Lipinski definition) is 0. The molecule has 6 nitrogen and oxygen atoms in total. The van der Waals surface area contributed by atoms with Crippen LogP contribution in [0.3, 0.4) is 0 Å². The van der Waals surface area contributed by atoms with Crippen LogP contribution < -0.4 is 0 Å². The highest BCUT2D eigenvalue weighted by atomic mass is 15.1. The Labute approximate surface area is 369 Å². The normalized spacial score (nSPS) is 11.4. The van der Waals surface area contributed by atoms with Crippen LogP contribution in [0, 0.1) is 11.3 Å². The van der Waals surface area contributed by atoms with Gasteiger partial charge in [-0.05, 0) is 82.9 Å². The van der Waals surface area contributed by atoms with Crippen molar-refractivity contribution in [1.29, 1.82) is 5.26 Å². The summed E-state index contributed by atoms with van der Waals surface area (Å²) in [5, 5.41) is 14.4. The van der Waals surface area contributed by atoms with Gasteiger partial charge in [-0.1, -0.05) is 158 Å². The molecule has 64 heavy (non-hydrogen) atoms. The van der Waals surface area contributed by atoms with Crippen molar-refractivity contribution in [3.05, 3.63) is 224 Å². The van der Waals surface area contributed by atoms with Gasteiger partial charge < -0.3 is 9.13 Å². The van der Waals surface area contributed by atoms with E-state index < -0.39 is 0 Å². The topological polar surface area (TPSA) is 72.3 Å². The zero-order valence-electron chi connectivity index (χ0n) is 34.5. The Balaban J connectivity index is 1.17. The summed E-state index contributed by atoms with van der Waals surface area (Å²) in [5.74, 6) is 1.75. The summed E-state index contributed by atoms with van der Waals surface area (Å²) in [5.41, 5.74) is 13.8. The molecule has 0 bridgehead atoms. The molecule has 0 atom stereocenters. The number of fused-ring (bicyclic) bond motifs is 6. The van der Waals surface area contributed by atoms with Crippen molar-refractivity contribution in [2.75, 3.05) is 0 Å². The van der Waals surface area contributed by atoms with E-state index in [0.29, 0.717) is 23.0 Å². The quantitative estimate of drug-likeness (QED) is 0.161. The van der Waals surface area contributed by atoms with Crippen LogP contribution in [0.15, 0.2) is 218 Å². The van der Waals surface area contributed by atoms with E-state index >= 15 is 0 Å². The maximum Gasteiger partial charge on any atom is 0.166 e. The van der Waals surface area contributed by atoms with Gasteiger partial charge in [0.15, 0.2) is 17.5 Å². The predicted octanol–water partition coefficient (Wildman–Crippen LogP) is 14.3. The van der Waals surface area contributed by atoms with Crippen LogP contribution >= 0.6 is 0 Å². The Morgan fingerprint density at radius 2 is 0.891 bits per heavy atom. The smallest absolute Gasteiger partial charge is 0.166 e. The minimum absolute atomic E-state index is 0.562. The fourth-order valence-electron chi connectivity index (χ4n) is 9.30. The molecule has 0 amide bonds. The third kappa shape index (κ3) is 6.14. The highest BCUT2D eigenvalue weighted by molar-refractivity contribution is 6.16. The van der Waals surface area contributed by atoms with Gasteiger partial charge in [0.2, 0.25) is 0 Å². The molecule has 0 radical (unpaired) electrons. The zero-order chi connectivity index (χ0) is 42.6. The summed E-state index contributed by atoms with van der Waals surface area (Å²) in [4.78, 5) is 15.8. The van der Waals surface area contributed by atoms with Gasteiger partial charge in [0.05, 0.1) is 39.4 Å². The van der Waals surface area contributed by atoms with Gasteiger partial charge in [0, 0.05) is 43.9 Å². The number of benzene rings is 9. The van der Waals surface area contributed by atoms with Crippen LogP contribution in [0.2, 0.25) is 0 Å². The molecule has 3 aromatic heterocycles. The maximum absolute atomic E-state index is 9.79. The van der Waals surface area contributed by atoms with E-state index in [1.54, 1.807) is 0 Å². The molecule has 0 aliphatic carbocycles. The maximum atomic E-state index is 9.79. The molecule has 3 heterocycles. The lowest BCUT2D eigenvalue weighted by Crippen LogP contribution is -2.04. The minimum atomic E-state index is 0.562. The fraction of sp³-hybridized carbons (Fsp3) is 0. The number of hydrogen-bond acceptors (Lipinski definition) is 4. The second kappa shape index (κ2) is 15.2. The Kier molecular flexibility index (Phi) is 8.77. The summed E-state index contributed by atoms with van der Waals surface area (Å²) in [6.07, 6.45) is 0. The number of nitrogens with zero attached hydrogens (tertiary/aromatic N) is 6. The molecular weight excluding hydrogens is 781 g/mol. The molecule has 0 saturated carbocycles. The van der Waals surface area contributed by atoms with Crippen LogP contribution in [0.1, 0.15) is 5.56 Å². The molecule has 0 fully saturated rings. The van der Waals surface area contributed by atoms with Gasteiger partial charge in [0.25, 0.3) is 0 Å². The van der Waals surface area contributed by atoms with Crippen molar-refractivity contribution in [2.45, 2.75) is 0 Å². The number of rotatable bonds is 7. The van der Waals surface area contributed by atoms with Crippen molar-refractivity contribution in [3.8, 4) is 73.9 Å². The molecule has 0 aliphatic heterocycles. The summed E-state index contributed by atoms with van der Waals surface area (Å²) < 4.78 is 4.70. The van der Waals surface area contributed by atoms with Gasteiger partial charge in [-0.2, -0.15) is 5.26 Å². The summed E-state index contributed by atoms with van der Waals surface area (Å²) in [6.45, 7) is 0. The second-order valence-electron chi connectivity index (χ2n) is 15.9. The average Bonchev–Trinajstić information content (AvgIpc) is 3.89. The SMILES string of the molecule is N#Cc1cccc(-c2ccc3c4ccccc4n(-c4ccc(-c5cccc6c5c5ccccc5n6-c5ccccc5)cc4-c4nc(-c5ccccc5)nc(-c5ccccc5)n4)c3c2)c1. The standard InChI is InChI=1S/C58H36N6/c59-37-38-16-14-21-41(34-38)42-30-32-47-46-24-10-12-27-50(46)64(54(47)36-42)52-33-31-43(45-26-15-29-53-55(45)48-25-11-13-28-51(48)63(53)44-22-8-3-9-23-44)35-49(52)58-61-56(39-17-4-1-5-18-39)60-57(62-58)40-19-6-2-7-20-40/h1-36H. The van der Waals surface area contributed by atoms with Crippen LogP contribution in [-0.2, 0) is 0 Å². The molecule has 298 valence electrons. The molecular formula is C58H36N6. The van der Waals surface area contributed by atoms with E-state index in [0.717, 1.165) is 83.2 Å². The van der Waals surface area contributed by atoms with Gasteiger partial charge in [-0.25, -0.2) is 15.0 Å². The Morgan fingerprint density at radius 1 is 0.344 bits per heavy atom. The van der Waals surface area contributed by atoms with Crippen molar-refractivity contribution < 1.29 is 0 Å². The van der Waals surface area contributed by atoms with Crippen molar-refractivity contribution in [2.24, 2.45) is 0 Å². The van der Waals surface area contributed by atoms with E-state index in [9.17, 15) is 5.26 Å². The van der Waals surface area contributed by atoms with Crippen molar-refractivity contribution in [3.63, 3.8) is 0 Å².